The molecule has 214 valence electrons. The van der Waals surface area contributed by atoms with Gasteiger partial charge in [-0.2, -0.15) is 0 Å². The summed E-state index contributed by atoms with van der Waals surface area (Å²) in [5, 5.41) is 3.10. The Morgan fingerprint density at radius 3 is 2.20 bits per heavy atom. The van der Waals surface area contributed by atoms with Crippen LogP contribution in [0.25, 0.3) is 0 Å². The van der Waals surface area contributed by atoms with Crippen LogP contribution < -0.4 is 9.62 Å². The minimum Gasteiger partial charge on any atom is -0.350 e. The first-order chi connectivity index (χ1) is 18.7. The van der Waals surface area contributed by atoms with E-state index in [2.05, 4.69) is 5.32 Å². The van der Waals surface area contributed by atoms with Gasteiger partial charge >= 0.3 is 0 Å². The zero-order valence-corrected chi connectivity index (χ0v) is 25.6. The van der Waals surface area contributed by atoms with Gasteiger partial charge in [0.05, 0.1) is 20.6 Å². The van der Waals surface area contributed by atoms with Crippen LogP contribution in [-0.4, -0.2) is 43.3 Å². The molecule has 0 radical (unpaired) electrons. The zero-order chi connectivity index (χ0) is 29.7. The summed E-state index contributed by atoms with van der Waals surface area (Å²) in [6.45, 7) is 8.85. The first kappa shape index (κ1) is 31.5. The molecule has 0 aliphatic heterocycles. The quantitative estimate of drug-likeness (QED) is 0.298. The van der Waals surface area contributed by atoms with Crippen molar-refractivity contribution in [1.82, 2.24) is 10.2 Å². The first-order valence-electron chi connectivity index (χ1n) is 12.9. The molecule has 0 fully saturated rings. The number of hydrogen-bond acceptors (Lipinski definition) is 4. The van der Waals surface area contributed by atoms with Gasteiger partial charge in [-0.05, 0) is 63.9 Å². The van der Waals surface area contributed by atoms with Crippen LogP contribution in [0.5, 0.6) is 0 Å². The maximum absolute atomic E-state index is 14.1. The van der Waals surface area contributed by atoms with Crippen LogP contribution in [0.3, 0.4) is 0 Å². The smallest absolute Gasteiger partial charge is 0.264 e. The number of benzene rings is 3. The van der Waals surface area contributed by atoms with E-state index in [9.17, 15) is 18.0 Å². The van der Waals surface area contributed by atoms with Gasteiger partial charge in [0, 0.05) is 12.1 Å². The second kappa shape index (κ2) is 13.1. The van der Waals surface area contributed by atoms with Crippen molar-refractivity contribution in [2.45, 2.75) is 64.1 Å². The normalized spacial score (nSPS) is 12.5. The Hall–Kier alpha value is -3.07. The van der Waals surface area contributed by atoms with Gasteiger partial charge in [-0.3, -0.25) is 13.9 Å². The van der Waals surface area contributed by atoms with Gasteiger partial charge in [-0.25, -0.2) is 8.42 Å². The summed E-state index contributed by atoms with van der Waals surface area (Å²) in [5.41, 5.74) is 1.35. The highest BCUT2D eigenvalue weighted by molar-refractivity contribution is 7.92. The molecule has 0 bridgehead atoms. The second-order valence-electron chi connectivity index (χ2n) is 10.6. The Morgan fingerprint density at radius 1 is 0.950 bits per heavy atom. The number of nitrogens with zero attached hydrogens (tertiary/aromatic N) is 2. The molecule has 40 heavy (non-hydrogen) atoms. The highest BCUT2D eigenvalue weighted by atomic mass is 35.5. The lowest BCUT2D eigenvalue weighted by molar-refractivity contribution is -0.141. The third kappa shape index (κ3) is 7.77. The molecule has 1 N–H and O–H groups in total. The predicted octanol–water partition coefficient (Wildman–Crippen LogP) is 6.22. The third-order valence-electron chi connectivity index (χ3n) is 6.13. The van der Waals surface area contributed by atoms with Crippen molar-refractivity contribution < 1.29 is 18.0 Å². The van der Waals surface area contributed by atoms with Crippen molar-refractivity contribution in [3.05, 3.63) is 94.0 Å². The van der Waals surface area contributed by atoms with Gasteiger partial charge in [0.1, 0.15) is 12.6 Å². The van der Waals surface area contributed by atoms with Crippen LogP contribution in [0.4, 0.5) is 5.69 Å². The zero-order valence-electron chi connectivity index (χ0n) is 23.3. The number of anilines is 1. The maximum Gasteiger partial charge on any atom is 0.264 e. The van der Waals surface area contributed by atoms with Crippen molar-refractivity contribution >= 4 is 50.7 Å². The summed E-state index contributed by atoms with van der Waals surface area (Å²) in [4.78, 5) is 28.9. The Kier molecular flexibility index (Phi) is 10.3. The molecule has 10 heteroatoms. The summed E-state index contributed by atoms with van der Waals surface area (Å²) in [6.07, 6.45) is 0.322. The van der Waals surface area contributed by atoms with Crippen molar-refractivity contribution in [2.75, 3.05) is 10.8 Å². The number of sulfonamides is 1. The molecule has 0 heterocycles. The summed E-state index contributed by atoms with van der Waals surface area (Å²) >= 11 is 12.7. The average Bonchev–Trinajstić information content (AvgIpc) is 2.88. The van der Waals surface area contributed by atoms with Crippen molar-refractivity contribution in [3.63, 3.8) is 0 Å². The topological polar surface area (TPSA) is 86.8 Å². The molecule has 3 aromatic rings. The highest BCUT2D eigenvalue weighted by Crippen LogP contribution is 2.35. The van der Waals surface area contributed by atoms with E-state index in [4.69, 9.17) is 23.2 Å². The van der Waals surface area contributed by atoms with E-state index < -0.39 is 34.1 Å². The van der Waals surface area contributed by atoms with Gasteiger partial charge in [0.25, 0.3) is 10.0 Å². The molecule has 3 rings (SSSR count). The van der Waals surface area contributed by atoms with Crippen LogP contribution in [0.2, 0.25) is 10.0 Å². The summed E-state index contributed by atoms with van der Waals surface area (Å²) in [7, 11) is -4.24. The summed E-state index contributed by atoms with van der Waals surface area (Å²) in [6, 6.07) is 19.2. The number of halogens is 2. The number of hydrogen-bond donors (Lipinski definition) is 1. The molecular formula is C30H35Cl2N3O4S. The van der Waals surface area contributed by atoms with E-state index in [0.717, 1.165) is 15.4 Å². The Bertz CT molecular complexity index is 1460. The lowest BCUT2D eigenvalue weighted by atomic mass is 10.0. The Balaban J connectivity index is 2.11. The number of rotatable bonds is 10. The fourth-order valence-electron chi connectivity index (χ4n) is 4.30. The average molecular weight is 605 g/mol. The van der Waals surface area contributed by atoms with Crippen molar-refractivity contribution in [3.8, 4) is 0 Å². The van der Waals surface area contributed by atoms with Gasteiger partial charge in [0.2, 0.25) is 11.8 Å². The lowest BCUT2D eigenvalue weighted by Crippen LogP contribution is -2.55. The van der Waals surface area contributed by atoms with Gasteiger partial charge in [-0.1, -0.05) is 84.2 Å². The molecule has 0 aliphatic carbocycles. The fourth-order valence-corrected chi connectivity index (χ4v) is 6.19. The van der Waals surface area contributed by atoms with E-state index in [1.165, 1.54) is 29.2 Å². The number of carbonyl (C=O) groups excluding carboxylic acids is 2. The van der Waals surface area contributed by atoms with E-state index in [-0.39, 0.29) is 33.1 Å². The van der Waals surface area contributed by atoms with Crippen LogP contribution in [-0.2, 0) is 26.2 Å². The molecule has 0 saturated heterocycles. The maximum atomic E-state index is 14.1. The number of carbonyl (C=O) groups is 2. The van der Waals surface area contributed by atoms with Gasteiger partial charge in [0.15, 0.2) is 0 Å². The molecule has 0 saturated carbocycles. The van der Waals surface area contributed by atoms with E-state index >= 15 is 0 Å². The number of nitrogens with one attached hydrogen (secondary N) is 1. The van der Waals surface area contributed by atoms with Crippen LogP contribution in [0, 0.1) is 6.92 Å². The molecule has 2 amide bonds. The molecule has 0 aromatic heterocycles. The molecule has 7 nitrogen and oxygen atoms in total. The van der Waals surface area contributed by atoms with Crippen LogP contribution >= 0.6 is 23.2 Å². The molecule has 0 unspecified atom stereocenters. The molecule has 3 aromatic carbocycles. The van der Waals surface area contributed by atoms with Gasteiger partial charge in [-0.15, -0.1) is 0 Å². The molecule has 0 aliphatic rings. The highest BCUT2D eigenvalue weighted by Gasteiger charge is 2.35. The Labute approximate surface area is 247 Å². The minimum atomic E-state index is -4.24. The monoisotopic (exact) mass is 603 g/mol. The van der Waals surface area contributed by atoms with E-state index in [1.807, 2.05) is 58.9 Å². The van der Waals surface area contributed by atoms with Crippen LogP contribution in [0.15, 0.2) is 77.7 Å². The predicted molar refractivity (Wildman–Crippen MR) is 161 cm³/mol. The lowest BCUT2D eigenvalue weighted by Gasteiger charge is -2.35. The van der Waals surface area contributed by atoms with E-state index in [1.54, 1.807) is 24.3 Å². The largest absolute Gasteiger partial charge is 0.350 e. The Morgan fingerprint density at radius 2 is 1.60 bits per heavy atom. The first-order valence-corrected chi connectivity index (χ1v) is 15.1. The minimum absolute atomic E-state index is 0.000718. The standard InChI is InChI=1S/C30H35Cl2N3O4S/c1-6-25(29(37)33-30(3,4)5)34(19-22-13-10-12-21(2)18-22)27(36)20-35(26-17-11-16-24(31)28(26)32)40(38,39)23-14-8-7-9-15-23/h7-18,25H,6,19-20H2,1-5H3,(H,33,37)/t25-/m1/s1. The molecule has 0 spiro atoms. The molecule has 1 atom stereocenters. The van der Waals surface area contributed by atoms with Crippen molar-refractivity contribution in [2.24, 2.45) is 0 Å². The van der Waals surface area contributed by atoms with Gasteiger partial charge < -0.3 is 10.2 Å². The number of aryl methyl sites for hydroxylation is 1. The van der Waals surface area contributed by atoms with E-state index in [0.29, 0.717) is 6.42 Å². The van der Waals surface area contributed by atoms with Crippen molar-refractivity contribution in [1.29, 1.82) is 0 Å². The summed E-state index contributed by atoms with van der Waals surface area (Å²) in [5.74, 6) is -0.887. The fraction of sp³-hybridized carbons (Fsp3) is 0.333. The molecular weight excluding hydrogens is 569 g/mol. The second-order valence-corrected chi connectivity index (χ2v) is 13.2. The number of amides is 2. The SMILES string of the molecule is CC[C@H](C(=O)NC(C)(C)C)N(Cc1cccc(C)c1)C(=O)CN(c1cccc(Cl)c1Cl)S(=O)(=O)c1ccccc1. The van der Waals surface area contributed by atoms with Crippen LogP contribution in [0.1, 0.15) is 45.2 Å². The third-order valence-corrected chi connectivity index (χ3v) is 8.71. The summed E-state index contributed by atoms with van der Waals surface area (Å²) < 4.78 is 28.7.